The molecule has 1 nitrogen and oxygen atoms in total. The smallest absolute Gasteiger partial charge is 0.0231 e. The SMILES string of the molecule is NP(c1ccccc1)c1ccccc1-c1ccccc1. The number of nitrogens with two attached hydrogens (primary N) is 1. The van der Waals surface area contributed by atoms with Crippen LogP contribution in [0.1, 0.15) is 0 Å². The molecule has 20 heavy (non-hydrogen) atoms. The molecule has 1 unspecified atom stereocenters. The second kappa shape index (κ2) is 6.00. The van der Waals surface area contributed by atoms with Crippen molar-refractivity contribution in [1.82, 2.24) is 0 Å². The quantitative estimate of drug-likeness (QED) is 0.726. The molecule has 0 saturated carbocycles. The molecule has 0 bridgehead atoms. The maximum atomic E-state index is 6.52. The van der Waals surface area contributed by atoms with Crippen molar-refractivity contribution in [2.75, 3.05) is 0 Å². The van der Waals surface area contributed by atoms with Gasteiger partial charge in [0.2, 0.25) is 0 Å². The molecule has 0 heterocycles. The highest BCUT2D eigenvalue weighted by Gasteiger charge is 2.13. The molecule has 0 amide bonds. The third-order valence-corrected chi connectivity index (χ3v) is 5.05. The highest BCUT2D eigenvalue weighted by molar-refractivity contribution is 7.71. The molecule has 0 aliphatic carbocycles. The Morgan fingerprint density at radius 3 is 1.85 bits per heavy atom. The van der Waals surface area contributed by atoms with Crippen LogP contribution in [0.4, 0.5) is 0 Å². The first-order valence-corrected chi connectivity index (χ1v) is 8.01. The molecule has 0 saturated heterocycles. The second-order valence-electron chi connectivity index (χ2n) is 4.59. The monoisotopic (exact) mass is 277 g/mol. The fourth-order valence-electron chi connectivity index (χ4n) is 2.27. The van der Waals surface area contributed by atoms with Crippen molar-refractivity contribution in [2.24, 2.45) is 5.50 Å². The van der Waals surface area contributed by atoms with Gasteiger partial charge in [-0.25, -0.2) is 0 Å². The van der Waals surface area contributed by atoms with E-state index in [1.807, 2.05) is 24.3 Å². The number of benzene rings is 3. The van der Waals surface area contributed by atoms with E-state index in [0.29, 0.717) is 0 Å². The lowest BCUT2D eigenvalue weighted by atomic mass is 10.1. The van der Waals surface area contributed by atoms with Gasteiger partial charge < -0.3 is 5.50 Å². The average molecular weight is 277 g/mol. The highest BCUT2D eigenvalue weighted by atomic mass is 31.1. The van der Waals surface area contributed by atoms with Gasteiger partial charge in [-0.3, -0.25) is 0 Å². The predicted molar refractivity (Wildman–Crippen MR) is 88.7 cm³/mol. The zero-order chi connectivity index (χ0) is 13.8. The van der Waals surface area contributed by atoms with Crippen LogP contribution in [0.2, 0.25) is 0 Å². The van der Waals surface area contributed by atoms with Crippen LogP contribution in [0.15, 0.2) is 84.9 Å². The van der Waals surface area contributed by atoms with Crippen LogP contribution in [0.25, 0.3) is 11.1 Å². The maximum absolute atomic E-state index is 6.52. The van der Waals surface area contributed by atoms with Crippen LogP contribution >= 0.6 is 8.07 Å². The molecule has 3 rings (SSSR count). The van der Waals surface area contributed by atoms with E-state index in [0.717, 1.165) is 0 Å². The van der Waals surface area contributed by atoms with E-state index < -0.39 is 8.07 Å². The number of rotatable bonds is 3. The van der Waals surface area contributed by atoms with Crippen LogP contribution in [-0.4, -0.2) is 0 Å². The molecule has 0 aliphatic rings. The lowest BCUT2D eigenvalue weighted by molar-refractivity contribution is 1.64. The Bertz CT molecular complexity index is 680. The van der Waals surface area contributed by atoms with Gasteiger partial charge in [-0.1, -0.05) is 84.9 Å². The predicted octanol–water partition coefficient (Wildman–Crippen LogP) is 3.66. The summed E-state index contributed by atoms with van der Waals surface area (Å²) in [6, 6.07) is 29.2. The molecule has 0 spiro atoms. The molecule has 0 fully saturated rings. The average Bonchev–Trinajstić information content (AvgIpc) is 2.56. The topological polar surface area (TPSA) is 26.0 Å². The van der Waals surface area contributed by atoms with Crippen molar-refractivity contribution < 1.29 is 0 Å². The van der Waals surface area contributed by atoms with Crippen LogP contribution in [0.3, 0.4) is 0 Å². The summed E-state index contributed by atoms with van der Waals surface area (Å²) in [6.45, 7) is 0. The van der Waals surface area contributed by atoms with E-state index in [4.69, 9.17) is 5.50 Å². The van der Waals surface area contributed by atoms with E-state index in [1.54, 1.807) is 0 Å². The van der Waals surface area contributed by atoms with Crippen molar-refractivity contribution >= 4 is 18.7 Å². The van der Waals surface area contributed by atoms with E-state index in [2.05, 4.69) is 60.7 Å². The Morgan fingerprint density at radius 1 is 0.600 bits per heavy atom. The molecule has 0 radical (unpaired) electrons. The first-order valence-electron chi connectivity index (χ1n) is 6.60. The third-order valence-electron chi connectivity index (χ3n) is 3.28. The standard InChI is InChI=1S/C18H16NP/c19-20(16-11-5-2-6-12-16)18-14-8-7-13-17(18)15-9-3-1-4-10-15/h1-14H,19H2. The first kappa shape index (κ1) is 13.1. The van der Waals surface area contributed by atoms with E-state index in [-0.39, 0.29) is 0 Å². The summed E-state index contributed by atoms with van der Waals surface area (Å²) in [6.07, 6.45) is 0. The molecule has 0 aliphatic heterocycles. The minimum atomic E-state index is -0.815. The van der Waals surface area contributed by atoms with Crippen molar-refractivity contribution in [1.29, 1.82) is 0 Å². The lowest BCUT2D eigenvalue weighted by Gasteiger charge is -2.17. The summed E-state index contributed by atoms with van der Waals surface area (Å²) in [7, 11) is -0.815. The fraction of sp³-hybridized carbons (Fsp3) is 0. The summed E-state index contributed by atoms with van der Waals surface area (Å²) >= 11 is 0. The van der Waals surface area contributed by atoms with E-state index in [9.17, 15) is 0 Å². The molecule has 0 aromatic heterocycles. The minimum absolute atomic E-state index is 0.815. The van der Waals surface area contributed by atoms with Crippen LogP contribution in [-0.2, 0) is 0 Å². The summed E-state index contributed by atoms with van der Waals surface area (Å²) in [4.78, 5) is 0. The lowest BCUT2D eigenvalue weighted by Crippen LogP contribution is -2.19. The van der Waals surface area contributed by atoms with Gasteiger partial charge in [0, 0.05) is 13.4 Å². The van der Waals surface area contributed by atoms with Crippen molar-refractivity contribution in [2.45, 2.75) is 0 Å². The van der Waals surface area contributed by atoms with Gasteiger partial charge in [0.25, 0.3) is 0 Å². The highest BCUT2D eigenvalue weighted by Crippen LogP contribution is 2.30. The molecule has 2 heteroatoms. The normalized spacial score (nSPS) is 12.1. The van der Waals surface area contributed by atoms with Gasteiger partial charge in [0.1, 0.15) is 0 Å². The summed E-state index contributed by atoms with van der Waals surface area (Å²) in [5.41, 5.74) is 8.97. The molecule has 2 N–H and O–H groups in total. The van der Waals surface area contributed by atoms with Gasteiger partial charge in [0.05, 0.1) is 0 Å². The van der Waals surface area contributed by atoms with Crippen LogP contribution in [0.5, 0.6) is 0 Å². The fourth-order valence-corrected chi connectivity index (χ4v) is 3.75. The largest absolute Gasteiger partial charge is 0.302 e. The van der Waals surface area contributed by atoms with Crippen molar-refractivity contribution in [3.63, 3.8) is 0 Å². The molecular weight excluding hydrogens is 261 g/mol. The molecule has 3 aromatic rings. The summed E-state index contributed by atoms with van der Waals surface area (Å²) in [5, 5.41) is 2.42. The Balaban J connectivity index is 2.07. The molecule has 98 valence electrons. The summed E-state index contributed by atoms with van der Waals surface area (Å²) in [5.74, 6) is 0. The van der Waals surface area contributed by atoms with Gasteiger partial charge >= 0.3 is 0 Å². The Labute approximate surface area is 120 Å². The second-order valence-corrected chi connectivity index (χ2v) is 6.33. The van der Waals surface area contributed by atoms with Gasteiger partial charge in [-0.05, 0) is 16.4 Å². The minimum Gasteiger partial charge on any atom is -0.302 e. The van der Waals surface area contributed by atoms with Crippen molar-refractivity contribution in [3.05, 3.63) is 84.9 Å². The number of hydrogen-bond donors (Lipinski definition) is 1. The maximum Gasteiger partial charge on any atom is 0.0231 e. The van der Waals surface area contributed by atoms with Crippen molar-refractivity contribution in [3.8, 4) is 11.1 Å². The number of hydrogen-bond acceptors (Lipinski definition) is 1. The molecular formula is C18H16NP. The van der Waals surface area contributed by atoms with E-state index in [1.165, 1.54) is 21.7 Å². The van der Waals surface area contributed by atoms with Gasteiger partial charge in [-0.15, -0.1) is 0 Å². The Morgan fingerprint density at radius 2 is 1.15 bits per heavy atom. The van der Waals surface area contributed by atoms with Gasteiger partial charge in [0.15, 0.2) is 0 Å². The van der Waals surface area contributed by atoms with E-state index >= 15 is 0 Å². The zero-order valence-electron chi connectivity index (χ0n) is 11.1. The Hall–Kier alpha value is -1.95. The molecule has 1 atom stereocenters. The Kier molecular flexibility index (Phi) is 3.92. The third kappa shape index (κ3) is 2.65. The molecule has 3 aromatic carbocycles. The summed E-state index contributed by atoms with van der Waals surface area (Å²) < 4.78 is 0. The first-order chi connectivity index (χ1) is 9.86. The van der Waals surface area contributed by atoms with Crippen LogP contribution in [0, 0.1) is 0 Å². The van der Waals surface area contributed by atoms with Crippen LogP contribution < -0.4 is 16.1 Å². The van der Waals surface area contributed by atoms with Gasteiger partial charge in [-0.2, -0.15) is 0 Å². The zero-order valence-corrected chi connectivity index (χ0v) is 12.0.